The maximum atomic E-state index is 4.83. The van der Waals surface area contributed by atoms with Gasteiger partial charge in [-0.05, 0) is 13.0 Å². The summed E-state index contributed by atoms with van der Waals surface area (Å²) >= 11 is 0. The van der Waals surface area contributed by atoms with Gasteiger partial charge in [-0.3, -0.25) is 0 Å². The first kappa shape index (κ1) is 12.6. The highest BCUT2D eigenvalue weighted by Gasteiger charge is 1.80. The van der Waals surface area contributed by atoms with Crippen LogP contribution >= 0.6 is 0 Å². The number of rotatable bonds is 5. The second-order valence-corrected chi connectivity index (χ2v) is 1.74. The van der Waals surface area contributed by atoms with Gasteiger partial charge in [0.2, 0.25) is 0 Å². The zero-order chi connectivity index (χ0) is 8.24. The molecule has 2 nitrogen and oxygen atoms in total. The summed E-state index contributed by atoms with van der Waals surface area (Å²) in [5, 5.41) is 3.21. The fourth-order valence-corrected chi connectivity index (χ4v) is 0.476. The SMILES string of the molecule is CC.CCCNCCOC. The average molecular weight is 147 g/mol. The van der Waals surface area contributed by atoms with Gasteiger partial charge in [0.25, 0.3) is 0 Å². The summed E-state index contributed by atoms with van der Waals surface area (Å²) in [7, 11) is 1.72. The van der Waals surface area contributed by atoms with Crippen molar-refractivity contribution < 1.29 is 4.74 Å². The van der Waals surface area contributed by atoms with E-state index in [4.69, 9.17) is 4.74 Å². The lowest BCUT2D eigenvalue weighted by Gasteiger charge is -1.98. The summed E-state index contributed by atoms with van der Waals surface area (Å²) in [6.07, 6.45) is 1.20. The van der Waals surface area contributed by atoms with Crippen LogP contribution in [0.25, 0.3) is 0 Å². The molecule has 0 unspecified atom stereocenters. The Balaban J connectivity index is 0. The van der Waals surface area contributed by atoms with Crippen molar-refractivity contribution in [3.63, 3.8) is 0 Å². The van der Waals surface area contributed by atoms with E-state index in [0.717, 1.165) is 19.7 Å². The molecule has 10 heavy (non-hydrogen) atoms. The third-order valence-electron chi connectivity index (χ3n) is 0.910. The minimum absolute atomic E-state index is 0.819. The fourth-order valence-electron chi connectivity index (χ4n) is 0.476. The molecule has 0 aromatic heterocycles. The molecule has 0 aromatic rings. The maximum Gasteiger partial charge on any atom is 0.0587 e. The van der Waals surface area contributed by atoms with Crippen molar-refractivity contribution >= 4 is 0 Å². The standard InChI is InChI=1S/C6H15NO.C2H6/c1-3-4-7-5-6-8-2;1-2/h7H,3-6H2,1-2H3;1-2H3. The Kier molecular flexibility index (Phi) is 20.1. The Morgan fingerprint density at radius 3 is 2.20 bits per heavy atom. The van der Waals surface area contributed by atoms with Gasteiger partial charge in [-0.15, -0.1) is 0 Å². The van der Waals surface area contributed by atoms with Gasteiger partial charge in [-0.1, -0.05) is 20.8 Å². The molecule has 0 aliphatic heterocycles. The topological polar surface area (TPSA) is 21.3 Å². The van der Waals surface area contributed by atoms with E-state index in [1.165, 1.54) is 6.42 Å². The first-order valence-corrected chi connectivity index (χ1v) is 4.11. The normalized spacial score (nSPS) is 8.40. The van der Waals surface area contributed by atoms with Crippen LogP contribution < -0.4 is 5.32 Å². The summed E-state index contributed by atoms with van der Waals surface area (Å²) in [6, 6.07) is 0. The predicted octanol–water partition coefficient (Wildman–Crippen LogP) is 1.66. The summed E-state index contributed by atoms with van der Waals surface area (Å²) in [5.41, 5.74) is 0. The minimum atomic E-state index is 0.819. The molecule has 64 valence electrons. The Labute approximate surface area is 65.0 Å². The number of methoxy groups -OCH3 is 1. The second kappa shape index (κ2) is 16.0. The Morgan fingerprint density at radius 1 is 1.20 bits per heavy atom. The van der Waals surface area contributed by atoms with Crippen LogP contribution in [-0.2, 0) is 4.74 Å². The number of hydrogen-bond donors (Lipinski definition) is 1. The lowest BCUT2D eigenvalue weighted by atomic mass is 10.5. The van der Waals surface area contributed by atoms with Gasteiger partial charge in [-0.2, -0.15) is 0 Å². The van der Waals surface area contributed by atoms with E-state index in [-0.39, 0.29) is 0 Å². The fraction of sp³-hybridized carbons (Fsp3) is 1.00. The van der Waals surface area contributed by atoms with Gasteiger partial charge in [0.15, 0.2) is 0 Å². The van der Waals surface area contributed by atoms with Gasteiger partial charge < -0.3 is 10.1 Å². The van der Waals surface area contributed by atoms with Crippen LogP contribution in [-0.4, -0.2) is 26.8 Å². The molecule has 0 radical (unpaired) electrons. The number of hydrogen-bond acceptors (Lipinski definition) is 2. The van der Waals surface area contributed by atoms with Crippen molar-refractivity contribution in [3.05, 3.63) is 0 Å². The van der Waals surface area contributed by atoms with Crippen LogP contribution in [0.2, 0.25) is 0 Å². The smallest absolute Gasteiger partial charge is 0.0587 e. The highest BCUT2D eigenvalue weighted by Crippen LogP contribution is 1.68. The van der Waals surface area contributed by atoms with Gasteiger partial charge in [0.1, 0.15) is 0 Å². The highest BCUT2D eigenvalue weighted by molar-refractivity contribution is 4.41. The summed E-state index contributed by atoms with van der Waals surface area (Å²) in [6.45, 7) is 9.05. The Morgan fingerprint density at radius 2 is 1.80 bits per heavy atom. The molecule has 0 atom stereocenters. The van der Waals surface area contributed by atoms with Crippen LogP contribution in [0, 0.1) is 0 Å². The lowest BCUT2D eigenvalue weighted by Crippen LogP contribution is -2.19. The monoisotopic (exact) mass is 147 g/mol. The molecule has 1 N–H and O–H groups in total. The minimum Gasteiger partial charge on any atom is -0.383 e. The van der Waals surface area contributed by atoms with Crippen molar-refractivity contribution in [2.75, 3.05) is 26.8 Å². The first-order chi connectivity index (χ1) is 4.91. The summed E-state index contributed by atoms with van der Waals surface area (Å²) < 4.78 is 4.83. The van der Waals surface area contributed by atoms with Gasteiger partial charge in [0, 0.05) is 13.7 Å². The molecular formula is C8H21NO. The number of nitrogens with one attached hydrogen (secondary N) is 1. The lowest BCUT2D eigenvalue weighted by molar-refractivity contribution is 0.199. The van der Waals surface area contributed by atoms with Crippen molar-refractivity contribution in [2.24, 2.45) is 0 Å². The molecule has 2 heteroatoms. The van der Waals surface area contributed by atoms with Crippen LogP contribution in [0.3, 0.4) is 0 Å². The molecule has 0 rings (SSSR count). The molecule has 0 saturated heterocycles. The average Bonchev–Trinajstić information content (AvgIpc) is 2.02. The molecule has 0 fully saturated rings. The van der Waals surface area contributed by atoms with Crippen LogP contribution in [0.15, 0.2) is 0 Å². The van der Waals surface area contributed by atoms with Crippen molar-refractivity contribution in [1.82, 2.24) is 5.32 Å². The molecule has 0 amide bonds. The zero-order valence-electron chi connectivity index (χ0n) is 7.74. The Bertz CT molecular complexity index is 34.2. The largest absolute Gasteiger partial charge is 0.383 e. The first-order valence-electron chi connectivity index (χ1n) is 4.11. The van der Waals surface area contributed by atoms with Gasteiger partial charge in [0.05, 0.1) is 6.61 Å². The molecule has 0 aliphatic rings. The van der Waals surface area contributed by atoms with E-state index < -0.39 is 0 Å². The third-order valence-corrected chi connectivity index (χ3v) is 0.910. The van der Waals surface area contributed by atoms with E-state index in [9.17, 15) is 0 Å². The molecule has 0 spiro atoms. The van der Waals surface area contributed by atoms with E-state index in [2.05, 4.69) is 12.2 Å². The molecule has 0 aliphatic carbocycles. The molecule has 0 saturated carbocycles. The Hall–Kier alpha value is -0.0800. The quantitative estimate of drug-likeness (QED) is 0.597. The van der Waals surface area contributed by atoms with E-state index in [1.54, 1.807) is 7.11 Å². The number of ether oxygens (including phenoxy) is 1. The van der Waals surface area contributed by atoms with Crippen molar-refractivity contribution in [3.8, 4) is 0 Å². The van der Waals surface area contributed by atoms with E-state index in [0.29, 0.717) is 0 Å². The summed E-state index contributed by atoms with van der Waals surface area (Å²) in [5.74, 6) is 0. The van der Waals surface area contributed by atoms with Crippen molar-refractivity contribution in [2.45, 2.75) is 27.2 Å². The second-order valence-electron chi connectivity index (χ2n) is 1.74. The third kappa shape index (κ3) is 15.7. The zero-order valence-corrected chi connectivity index (χ0v) is 7.74. The molecule has 0 heterocycles. The van der Waals surface area contributed by atoms with Crippen LogP contribution in [0.5, 0.6) is 0 Å². The van der Waals surface area contributed by atoms with E-state index >= 15 is 0 Å². The maximum absolute atomic E-state index is 4.83. The predicted molar refractivity (Wildman–Crippen MR) is 46.4 cm³/mol. The molecule has 0 aromatic carbocycles. The summed E-state index contributed by atoms with van der Waals surface area (Å²) in [4.78, 5) is 0. The molecular weight excluding hydrogens is 126 g/mol. The van der Waals surface area contributed by atoms with Gasteiger partial charge in [-0.25, -0.2) is 0 Å². The van der Waals surface area contributed by atoms with Gasteiger partial charge >= 0.3 is 0 Å². The highest BCUT2D eigenvalue weighted by atomic mass is 16.5. The molecule has 0 bridgehead atoms. The van der Waals surface area contributed by atoms with E-state index in [1.807, 2.05) is 13.8 Å². The van der Waals surface area contributed by atoms with Crippen molar-refractivity contribution in [1.29, 1.82) is 0 Å². The van der Waals surface area contributed by atoms with Crippen LogP contribution in [0.1, 0.15) is 27.2 Å². The van der Waals surface area contributed by atoms with Crippen LogP contribution in [0.4, 0.5) is 0 Å².